The van der Waals surface area contributed by atoms with Gasteiger partial charge in [-0.25, -0.2) is 0 Å². The van der Waals surface area contributed by atoms with Crippen molar-refractivity contribution >= 4 is 23.5 Å². The normalized spacial score (nSPS) is 15.2. The van der Waals surface area contributed by atoms with E-state index in [1.165, 1.54) is 7.05 Å². The number of esters is 1. The molecule has 0 saturated carbocycles. The maximum Gasteiger partial charge on any atom is 0.306 e. The van der Waals surface area contributed by atoms with Crippen molar-refractivity contribution in [1.29, 1.82) is 0 Å². The summed E-state index contributed by atoms with van der Waals surface area (Å²) < 4.78 is 5.30. The highest BCUT2D eigenvalue weighted by molar-refractivity contribution is 6.06. The number of hydrogen-bond donors (Lipinski definition) is 2. The van der Waals surface area contributed by atoms with E-state index in [9.17, 15) is 14.4 Å². The van der Waals surface area contributed by atoms with E-state index in [2.05, 4.69) is 17.2 Å². The molecule has 2 N–H and O–H groups in total. The van der Waals surface area contributed by atoms with Crippen molar-refractivity contribution in [2.45, 2.75) is 79.8 Å². The van der Waals surface area contributed by atoms with Crippen molar-refractivity contribution < 1.29 is 19.1 Å². The minimum absolute atomic E-state index is 0.0482. The van der Waals surface area contributed by atoms with Gasteiger partial charge in [0.1, 0.15) is 0 Å². The fraction of sp³-hybridized carbons (Fsp3) is 0.548. The van der Waals surface area contributed by atoms with E-state index < -0.39 is 29.9 Å². The minimum atomic E-state index is -1.18. The lowest BCUT2D eigenvalue weighted by molar-refractivity contribution is -0.147. The van der Waals surface area contributed by atoms with E-state index in [1.54, 1.807) is 6.08 Å². The highest BCUT2D eigenvalue weighted by Crippen LogP contribution is 2.20. The molecule has 38 heavy (non-hydrogen) atoms. The summed E-state index contributed by atoms with van der Waals surface area (Å²) >= 11 is 0. The average Bonchev–Trinajstić information content (AvgIpc) is 2.88. The maximum absolute atomic E-state index is 13.4. The van der Waals surface area contributed by atoms with E-state index in [4.69, 9.17) is 9.73 Å². The van der Waals surface area contributed by atoms with Crippen molar-refractivity contribution in [3.05, 3.63) is 60.8 Å². The lowest BCUT2D eigenvalue weighted by Gasteiger charge is -2.23. The van der Waals surface area contributed by atoms with Gasteiger partial charge in [0, 0.05) is 18.9 Å². The van der Waals surface area contributed by atoms with Crippen LogP contribution in [-0.2, 0) is 19.1 Å². The van der Waals surface area contributed by atoms with Crippen LogP contribution in [0.4, 0.5) is 0 Å². The number of likely N-dealkylation sites (N-methyl/N-ethyl adjacent to an activating group) is 1. The third kappa shape index (κ3) is 13.9. The van der Waals surface area contributed by atoms with Gasteiger partial charge in [0.15, 0.2) is 0 Å². The molecule has 0 bridgehead atoms. The number of amides is 2. The summed E-state index contributed by atoms with van der Waals surface area (Å²) in [6.45, 7) is 15.9. The summed E-state index contributed by atoms with van der Waals surface area (Å²) in [4.78, 5) is 43.6. The Morgan fingerprint density at radius 2 is 1.76 bits per heavy atom. The molecule has 0 rings (SSSR count). The van der Waals surface area contributed by atoms with Crippen LogP contribution in [0.5, 0.6) is 0 Å². The first kappa shape index (κ1) is 34.8. The number of nitrogens with zero attached hydrogens (tertiary/aromatic N) is 1. The van der Waals surface area contributed by atoms with Gasteiger partial charge in [-0.1, -0.05) is 82.4 Å². The quantitative estimate of drug-likeness (QED) is 0.0767. The molecule has 3 atom stereocenters. The van der Waals surface area contributed by atoms with Crippen molar-refractivity contribution in [3.63, 3.8) is 0 Å². The van der Waals surface area contributed by atoms with Crippen LogP contribution >= 0.6 is 0 Å². The zero-order valence-electron chi connectivity index (χ0n) is 24.5. The molecule has 0 saturated heterocycles. The van der Waals surface area contributed by atoms with Gasteiger partial charge in [0.2, 0.25) is 12.1 Å². The number of nitrogens with one attached hydrogen (secondary N) is 2. The van der Waals surface area contributed by atoms with E-state index in [-0.39, 0.29) is 18.3 Å². The van der Waals surface area contributed by atoms with Crippen molar-refractivity contribution in [2.75, 3.05) is 13.7 Å². The number of carbonyl (C=O) groups excluding carboxylic acids is 3. The van der Waals surface area contributed by atoms with E-state index >= 15 is 0 Å². The summed E-state index contributed by atoms with van der Waals surface area (Å²) in [5.74, 6) is -1.87. The first-order valence-electron chi connectivity index (χ1n) is 13.6. The van der Waals surface area contributed by atoms with Crippen LogP contribution in [0.1, 0.15) is 73.6 Å². The Balaban J connectivity index is 6.45. The molecule has 0 aliphatic heterocycles. The Morgan fingerprint density at radius 3 is 2.29 bits per heavy atom. The third-order valence-electron chi connectivity index (χ3n) is 5.68. The van der Waals surface area contributed by atoms with Gasteiger partial charge in [-0.15, -0.1) is 0 Å². The van der Waals surface area contributed by atoms with Gasteiger partial charge in [-0.3, -0.25) is 19.4 Å². The average molecular weight is 528 g/mol. The second-order valence-corrected chi connectivity index (χ2v) is 9.44. The topological polar surface area (TPSA) is 96.9 Å². The molecule has 0 radical (unpaired) electrons. The van der Waals surface area contributed by atoms with Crippen molar-refractivity contribution in [2.24, 2.45) is 22.7 Å². The molecule has 2 amide bonds. The summed E-state index contributed by atoms with van der Waals surface area (Å²) in [5.41, 5.74) is 1.43. The molecule has 0 fully saturated rings. The molecule has 212 valence electrons. The van der Waals surface area contributed by atoms with E-state index in [0.717, 1.165) is 18.4 Å². The van der Waals surface area contributed by atoms with Gasteiger partial charge < -0.3 is 15.4 Å². The Bertz CT molecular complexity index is 897. The predicted octanol–water partition coefficient (Wildman–Crippen LogP) is 5.86. The second-order valence-electron chi connectivity index (χ2n) is 9.44. The monoisotopic (exact) mass is 527 g/mol. The number of unbranched alkanes of at least 4 members (excludes halogenated alkanes) is 1. The van der Waals surface area contributed by atoms with Crippen LogP contribution in [0.25, 0.3) is 0 Å². The Kier molecular flexibility index (Phi) is 19.0. The fourth-order valence-electron chi connectivity index (χ4n) is 3.84. The lowest BCUT2D eigenvalue weighted by Crippen LogP contribution is -2.48. The first-order chi connectivity index (χ1) is 18.2. The van der Waals surface area contributed by atoms with Gasteiger partial charge in [0.25, 0.3) is 5.91 Å². The molecule has 7 heteroatoms. The SMILES string of the molecule is C=C/C=C(\C=C/C)C(=N/C(NC(=O)C(CC(=O)OCCCC)CC(C)C)C(=O)NC)/C(/C=C\C)C/C=C\C. The highest BCUT2D eigenvalue weighted by atomic mass is 16.5. The number of rotatable bonds is 18. The number of allylic oxidation sites excluding steroid dienone is 9. The Labute approximate surface area is 230 Å². The first-order valence-corrected chi connectivity index (χ1v) is 13.6. The standard InChI is InChI=1S/C31H49N3O4/c1-9-14-19-25(18-13-5)28(24(16-11-3)17-12-4)33-29(31(37)32-8)34-30(36)26(21-23(6)7)22-27(35)38-20-15-10-2/h9,11-14,16-18,23,25-26,29H,3,10,15,19-22H2,1-2,4-8H3,(H,32,37)(H,34,36)/b14-9-,17-12-,18-13-,24-16+,33-28-. The van der Waals surface area contributed by atoms with Gasteiger partial charge in [-0.2, -0.15) is 0 Å². The Hall–Kier alpha value is -3.22. The van der Waals surface area contributed by atoms with Crippen molar-refractivity contribution in [1.82, 2.24) is 10.6 Å². The smallest absolute Gasteiger partial charge is 0.306 e. The minimum Gasteiger partial charge on any atom is -0.466 e. The fourth-order valence-corrected chi connectivity index (χ4v) is 3.84. The molecular formula is C31H49N3O4. The molecule has 7 nitrogen and oxygen atoms in total. The molecule has 3 unspecified atom stereocenters. The third-order valence-corrected chi connectivity index (χ3v) is 5.68. The van der Waals surface area contributed by atoms with Crippen LogP contribution in [-0.4, -0.2) is 43.3 Å². The molecule has 0 aliphatic carbocycles. The number of aliphatic imine (C=N–C) groups is 1. The van der Waals surface area contributed by atoms with Crippen molar-refractivity contribution in [3.8, 4) is 0 Å². The van der Waals surface area contributed by atoms with Crippen LogP contribution in [0.15, 0.2) is 65.8 Å². The summed E-state index contributed by atoms with van der Waals surface area (Å²) in [7, 11) is 1.50. The summed E-state index contributed by atoms with van der Waals surface area (Å²) in [6.07, 6.45) is 16.9. The zero-order valence-corrected chi connectivity index (χ0v) is 24.5. The summed E-state index contributed by atoms with van der Waals surface area (Å²) in [6, 6.07) is 0. The molecule has 0 aromatic heterocycles. The molecule has 0 spiro atoms. The Morgan fingerprint density at radius 1 is 1.05 bits per heavy atom. The van der Waals surface area contributed by atoms with Crippen LogP contribution in [0.3, 0.4) is 0 Å². The maximum atomic E-state index is 13.4. The van der Waals surface area contributed by atoms with Gasteiger partial charge in [-0.05, 0) is 51.5 Å². The number of hydrogen-bond acceptors (Lipinski definition) is 5. The summed E-state index contributed by atoms with van der Waals surface area (Å²) in [5, 5.41) is 5.41. The van der Waals surface area contributed by atoms with Gasteiger partial charge >= 0.3 is 5.97 Å². The molecule has 0 aromatic carbocycles. The molecular weight excluding hydrogens is 478 g/mol. The molecule has 0 heterocycles. The predicted molar refractivity (Wildman–Crippen MR) is 158 cm³/mol. The lowest BCUT2D eigenvalue weighted by atomic mass is 9.91. The largest absolute Gasteiger partial charge is 0.466 e. The van der Waals surface area contributed by atoms with E-state index in [1.807, 2.05) is 84.1 Å². The van der Waals surface area contributed by atoms with Gasteiger partial charge in [0.05, 0.1) is 18.7 Å². The molecule has 0 aliphatic rings. The van der Waals surface area contributed by atoms with Crippen LogP contribution < -0.4 is 10.6 Å². The van der Waals surface area contributed by atoms with Crippen LogP contribution in [0, 0.1) is 17.8 Å². The number of ether oxygens (including phenoxy) is 1. The molecule has 0 aromatic rings. The van der Waals surface area contributed by atoms with Crippen LogP contribution in [0.2, 0.25) is 0 Å². The zero-order chi connectivity index (χ0) is 28.9. The second kappa shape index (κ2) is 20.8. The number of carbonyl (C=O) groups is 3. The van der Waals surface area contributed by atoms with E-state index in [0.29, 0.717) is 25.2 Å². The highest BCUT2D eigenvalue weighted by Gasteiger charge is 2.29.